The number of hydrogen-bond acceptors (Lipinski definition) is 3. The van der Waals surface area contributed by atoms with Gasteiger partial charge >= 0.3 is 0 Å². The zero-order chi connectivity index (χ0) is 13.7. The Balaban J connectivity index is 2.03. The van der Waals surface area contributed by atoms with E-state index in [2.05, 4.69) is 5.32 Å². The van der Waals surface area contributed by atoms with Crippen molar-refractivity contribution in [1.29, 1.82) is 0 Å². The number of rotatable bonds is 4. The van der Waals surface area contributed by atoms with Crippen LogP contribution in [0.3, 0.4) is 0 Å². The van der Waals surface area contributed by atoms with Crippen LogP contribution in [0.4, 0.5) is 4.39 Å². The van der Waals surface area contributed by atoms with Crippen LogP contribution in [0, 0.1) is 5.82 Å². The van der Waals surface area contributed by atoms with Gasteiger partial charge in [-0.05, 0) is 30.5 Å². The van der Waals surface area contributed by atoms with Gasteiger partial charge in [-0.1, -0.05) is 31.7 Å². The lowest BCUT2D eigenvalue weighted by Gasteiger charge is -2.24. The molecular formula is C15H22FNO2. The molecule has 0 radical (unpaired) electrons. The third-order valence-corrected chi connectivity index (χ3v) is 3.85. The molecule has 0 aromatic heterocycles. The molecule has 0 heterocycles. The molecular weight excluding hydrogens is 245 g/mol. The van der Waals surface area contributed by atoms with E-state index in [1.165, 1.54) is 37.8 Å². The van der Waals surface area contributed by atoms with E-state index in [4.69, 9.17) is 0 Å². The molecule has 1 saturated carbocycles. The van der Waals surface area contributed by atoms with Crippen molar-refractivity contribution in [2.24, 2.45) is 0 Å². The van der Waals surface area contributed by atoms with Gasteiger partial charge in [0, 0.05) is 6.04 Å². The maximum Gasteiger partial charge on any atom is 0.165 e. The third-order valence-electron chi connectivity index (χ3n) is 3.85. The fourth-order valence-corrected chi connectivity index (χ4v) is 2.72. The molecule has 0 amide bonds. The highest BCUT2D eigenvalue weighted by molar-refractivity contribution is 5.30. The SMILES string of the molecule is OCC(NC1CCCCCC1)c1ccc(O)c(F)c1. The summed E-state index contributed by atoms with van der Waals surface area (Å²) in [4.78, 5) is 0. The molecule has 3 nitrogen and oxygen atoms in total. The van der Waals surface area contributed by atoms with E-state index >= 15 is 0 Å². The van der Waals surface area contributed by atoms with Crippen LogP contribution in [0.2, 0.25) is 0 Å². The Morgan fingerprint density at radius 1 is 1.21 bits per heavy atom. The number of hydrogen-bond donors (Lipinski definition) is 3. The van der Waals surface area contributed by atoms with E-state index in [1.54, 1.807) is 6.07 Å². The summed E-state index contributed by atoms with van der Waals surface area (Å²) in [6, 6.07) is 4.40. The van der Waals surface area contributed by atoms with Crippen LogP contribution >= 0.6 is 0 Å². The van der Waals surface area contributed by atoms with Crippen molar-refractivity contribution in [2.75, 3.05) is 6.61 Å². The predicted octanol–water partition coefficient (Wildman–Crippen LogP) is 2.88. The first kappa shape index (κ1) is 14.3. The second kappa shape index (κ2) is 6.87. The first-order valence-electron chi connectivity index (χ1n) is 7.06. The number of aliphatic hydroxyl groups excluding tert-OH is 1. The summed E-state index contributed by atoms with van der Waals surface area (Å²) in [6.45, 7) is -0.0687. The standard InChI is InChI=1S/C15H22FNO2/c16-13-9-11(7-8-15(13)19)14(10-18)17-12-5-3-1-2-4-6-12/h7-9,12,14,17-19H,1-6,10H2. The lowest BCUT2D eigenvalue weighted by molar-refractivity contribution is 0.228. The number of halogens is 1. The summed E-state index contributed by atoms with van der Waals surface area (Å²) in [5.74, 6) is -0.992. The van der Waals surface area contributed by atoms with Crippen LogP contribution in [0.1, 0.15) is 50.1 Å². The maximum absolute atomic E-state index is 13.4. The van der Waals surface area contributed by atoms with Gasteiger partial charge in [0.05, 0.1) is 12.6 Å². The average Bonchev–Trinajstić information content (AvgIpc) is 2.68. The summed E-state index contributed by atoms with van der Waals surface area (Å²) in [6.07, 6.45) is 7.18. The molecule has 0 spiro atoms. The summed E-state index contributed by atoms with van der Waals surface area (Å²) in [5.41, 5.74) is 0.682. The molecule has 1 atom stereocenters. The molecule has 106 valence electrons. The van der Waals surface area contributed by atoms with Gasteiger partial charge in [0.2, 0.25) is 0 Å². The molecule has 1 unspecified atom stereocenters. The molecule has 0 bridgehead atoms. The zero-order valence-electron chi connectivity index (χ0n) is 11.1. The molecule has 3 N–H and O–H groups in total. The topological polar surface area (TPSA) is 52.5 Å². The zero-order valence-corrected chi connectivity index (χ0v) is 11.1. The summed E-state index contributed by atoms with van der Waals surface area (Å²) in [7, 11) is 0. The van der Waals surface area contributed by atoms with Crippen LogP contribution in [0.25, 0.3) is 0 Å². The Labute approximate surface area is 113 Å². The second-order valence-corrected chi connectivity index (χ2v) is 5.30. The molecule has 2 rings (SSSR count). The fraction of sp³-hybridized carbons (Fsp3) is 0.600. The van der Waals surface area contributed by atoms with Crippen molar-refractivity contribution in [1.82, 2.24) is 5.32 Å². The van der Waals surface area contributed by atoms with E-state index in [1.807, 2.05) is 0 Å². The highest BCUT2D eigenvalue weighted by atomic mass is 19.1. The number of aromatic hydroxyl groups is 1. The van der Waals surface area contributed by atoms with Crippen molar-refractivity contribution in [2.45, 2.75) is 50.6 Å². The van der Waals surface area contributed by atoms with Crippen molar-refractivity contribution in [3.05, 3.63) is 29.6 Å². The lowest BCUT2D eigenvalue weighted by atomic mass is 10.0. The van der Waals surface area contributed by atoms with Gasteiger partial charge < -0.3 is 15.5 Å². The Morgan fingerprint density at radius 3 is 2.47 bits per heavy atom. The molecule has 1 aliphatic carbocycles. The van der Waals surface area contributed by atoms with Crippen LogP contribution in [-0.4, -0.2) is 22.9 Å². The number of nitrogens with one attached hydrogen (secondary N) is 1. The maximum atomic E-state index is 13.4. The van der Waals surface area contributed by atoms with Crippen molar-refractivity contribution in [3.63, 3.8) is 0 Å². The van der Waals surface area contributed by atoms with Gasteiger partial charge in [-0.3, -0.25) is 0 Å². The Kier molecular flexibility index (Phi) is 5.16. The summed E-state index contributed by atoms with van der Waals surface area (Å²) >= 11 is 0. The Bertz CT molecular complexity index is 403. The average molecular weight is 267 g/mol. The summed E-state index contributed by atoms with van der Waals surface area (Å²) in [5, 5.41) is 22.1. The van der Waals surface area contributed by atoms with E-state index in [0.29, 0.717) is 11.6 Å². The van der Waals surface area contributed by atoms with E-state index < -0.39 is 5.82 Å². The molecule has 1 aliphatic rings. The molecule has 1 fully saturated rings. The van der Waals surface area contributed by atoms with Gasteiger partial charge in [0.1, 0.15) is 0 Å². The monoisotopic (exact) mass is 267 g/mol. The minimum absolute atomic E-state index is 0.0687. The Hall–Kier alpha value is -1.13. The fourth-order valence-electron chi connectivity index (χ4n) is 2.72. The highest BCUT2D eigenvalue weighted by Crippen LogP contribution is 2.24. The van der Waals surface area contributed by atoms with Gasteiger partial charge in [-0.25, -0.2) is 4.39 Å². The number of aliphatic hydroxyl groups is 1. The van der Waals surface area contributed by atoms with E-state index in [-0.39, 0.29) is 18.4 Å². The van der Waals surface area contributed by atoms with Gasteiger partial charge in [-0.2, -0.15) is 0 Å². The van der Waals surface area contributed by atoms with Crippen LogP contribution < -0.4 is 5.32 Å². The highest BCUT2D eigenvalue weighted by Gasteiger charge is 2.18. The first-order chi connectivity index (χ1) is 9.20. The quantitative estimate of drug-likeness (QED) is 0.735. The molecule has 19 heavy (non-hydrogen) atoms. The normalized spacial score (nSPS) is 19.1. The van der Waals surface area contributed by atoms with Crippen LogP contribution in [0.5, 0.6) is 5.75 Å². The Morgan fingerprint density at radius 2 is 1.89 bits per heavy atom. The number of phenols is 1. The lowest BCUT2D eigenvalue weighted by Crippen LogP contribution is -2.34. The number of benzene rings is 1. The van der Waals surface area contributed by atoms with Crippen molar-refractivity contribution < 1.29 is 14.6 Å². The first-order valence-corrected chi connectivity index (χ1v) is 7.06. The second-order valence-electron chi connectivity index (χ2n) is 5.30. The molecule has 1 aromatic carbocycles. The largest absolute Gasteiger partial charge is 0.505 e. The van der Waals surface area contributed by atoms with Crippen LogP contribution in [-0.2, 0) is 0 Å². The van der Waals surface area contributed by atoms with Crippen LogP contribution in [0.15, 0.2) is 18.2 Å². The van der Waals surface area contributed by atoms with E-state index in [0.717, 1.165) is 12.8 Å². The van der Waals surface area contributed by atoms with Gasteiger partial charge in [0.25, 0.3) is 0 Å². The van der Waals surface area contributed by atoms with Gasteiger partial charge in [-0.15, -0.1) is 0 Å². The van der Waals surface area contributed by atoms with Gasteiger partial charge in [0.15, 0.2) is 11.6 Å². The molecule has 0 aliphatic heterocycles. The minimum atomic E-state index is -0.640. The molecule has 0 saturated heterocycles. The molecule has 1 aromatic rings. The van der Waals surface area contributed by atoms with Crippen molar-refractivity contribution in [3.8, 4) is 5.75 Å². The van der Waals surface area contributed by atoms with Crippen molar-refractivity contribution >= 4 is 0 Å². The molecule has 4 heteroatoms. The third kappa shape index (κ3) is 3.91. The minimum Gasteiger partial charge on any atom is -0.505 e. The van der Waals surface area contributed by atoms with E-state index in [9.17, 15) is 14.6 Å². The smallest absolute Gasteiger partial charge is 0.165 e. The number of phenolic OH excluding ortho intramolecular Hbond substituents is 1. The predicted molar refractivity (Wildman–Crippen MR) is 72.5 cm³/mol. The summed E-state index contributed by atoms with van der Waals surface area (Å²) < 4.78 is 13.4.